The van der Waals surface area contributed by atoms with E-state index in [2.05, 4.69) is 0 Å². The molecule has 0 fully saturated rings. The fourth-order valence-corrected chi connectivity index (χ4v) is 2.09. The van der Waals surface area contributed by atoms with E-state index in [1.54, 1.807) is 30.3 Å². The Labute approximate surface area is 109 Å². The molecular formula is C15H13F2NO. The summed E-state index contributed by atoms with van der Waals surface area (Å²) in [7, 11) is 0. The molecule has 2 aromatic rings. The first kappa shape index (κ1) is 13.2. The molecular weight excluding hydrogens is 248 g/mol. The Morgan fingerprint density at radius 3 is 2.26 bits per heavy atom. The third kappa shape index (κ3) is 2.10. The predicted octanol–water partition coefficient (Wildman–Crippen LogP) is 2.76. The molecule has 0 aliphatic carbocycles. The van der Waals surface area contributed by atoms with Crippen molar-refractivity contribution >= 4 is 5.91 Å². The van der Waals surface area contributed by atoms with Gasteiger partial charge >= 0.3 is 0 Å². The number of primary amides is 1. The van der Waals surface area contributed by atoms with Crippen LogP contribution in [0.1, 0.15) is 18.1 Å². The largest absolute Gasteiger partial charge is 0.369 e. The summed E-state index contributed by atoms with van der Waals surface area (Å²) < 4.78 is 27.3. The zero-order chi connectivity index (χ0) is 14.0. The molecule has 0 saturated heterocycles. The molecule has 2 N–H and O–H groups in total. The normalized spacial score (nSPS) is 13.8. The molecule has 0 radical (unpaired) electrons. The first-order chi connectivity index (χ1) is 8.98. The van der Waals surface area contributed by atoms with Crippen molar-refractivity contribution in [2.75, 3.05) is 0 Å². The maximum Gasteiger partial charge on any atom is 0.232 e. The Hall–Kier alpha value is -2.23. The van der Waals surface area contributed by atoms with Crippen molar-refractivity contribution in [3.8, 4) is 0 Å². The quantitative estimate of drug-likeness (QED) is 0.907. The molecule has 1 unspecified atom stereocenters. The lowest BCUT2D eigenvalue weighted by atomic mass is 9.75. The molecule has 0 saturated carbocycles. The van der Waals surface area contributed by atoms with Gasteiger partial charge in [-0.1, -0.05) is 42.5 Å². The second kappa shape index (κ2) is 4.80. The lowest BCUT2D eigenvalue weighted by Gasteiger charge is -2.27. The number of benzene rings is 2. The van der Waals surface area contributed by atoms with Crippen LogP contribution in [0.2, 0.25) is 0 Å². The summed E-state index contributed by atoms with van der Waals surface area (Å²) in [6, 6.07) is 12.3. The van der Waals surface area contributed by atoms with Crippen molar-refractivity contribution in [1.82, 2.24) is 0 Å². The second-order valence-corrected chi connectivity index (χ2v) is 4.46. The molecule has 0 aliphatic heterocycles. The van der Waals surface area contributed by atoms with Gasteiger partial charge in [-0.15, -0.1) is 0 Å². The van der Waals surface area contributed by atoms with E-state index in [1.165, 1.54) is 19.1 Å². The molecule has 1 atom stereocenters. The minimum atomic E-state index is -1.41. The summed E-state index contributed by atoms with van der Waals surface area (Å²) in [5.41, 5.74) is 4.47. The lowest BCUT2D eigenvalue weighted by molar-refractivity contribution is -0.121. The maximum atomic E-state index is 14.0. The monoisotopic (exact) mass is 261 g/mol. The minimum Gasteiger partial charge on any atom is -0.369 e. The van der Waals surface area contributed by atoms with Crippen LogP contribution >= 0.6 is 0 Å². The Morgan fingerprint density at radius 2 is 1.68 bits per heavy atom. The number of carbonyl (C=O) groups excluding carboxylic acids is 1. The van der Waals surface area contributed by atoms with E-state index in [0.29, 0.717) is 5.56 Å². The Balaban J connectivity index is 2.71. The number of carbonyl (C=O) groups is 1. The van der Waals surface area contributed by atoms with E-state index in [4.69, 9.17) is 5.73 Å². The second-order valence-electron chi connectivity index (χ2n) is 4.46. The molecule has 2 aromatic carbocycles. The van der Waals surface area contributed by atoms with Crippen molar-refractivity contribution in [3.05, 3.63) is 71.3 Å². The van der Waals surface area contributed by atoms with Gasteiger partial charge in [-0.25, -0.2) is 8.78 Å². The predicted molar refractivity (Wildman–Crippen MR) is 68.4 cm³/mol. The fraction of sp³-hybridized carbons (Fsp3) is 0.133. The van der Waals surface area contributed by atoms with E-state index >= 15 is 0 Å². The molecule has 0 bridgehead atoms. The van der Waals surface area contributed by atoms with Gasteiger partial charge < -0.3 is 5.73 Å². The molecule has 0 aliphatic rings. The Morgan fingerprint density at radius 1 is 1.05 bits per heavy atom. The zero-order valence-corrected chi connectivity index (χ0v) is 10.4. The molecule has 1 amide bonds. The summed E-state index contributed by atoms with van der Waals surface area (Å²) in [5.74, 6) is -2.78. The Bertz CT molecular complexity index is 613. The highest BCUT2D eigenvalue weighted by molar-refractivity contribution is 5.90. The first-order valence-electron chi connectivity index (χ1n) is 5.78. The highest BCUT2D eigenvalue weighted by Gasteiger charge is 2.38. The average Bonchev–Trinajstić information content (AvgIpc) is 2.42. The number of amides is 1. The molecule has 0 spiro atoms. The van der Waals surface area contributed by atoms with Gasteiger partial charge in [0.15, 0.2) is 11.6 Å². The summed E-state index contributed by atoms with van der Waals surface area (Å²) in [6.45, 7) is 1.49. The number of nitrogens with two attached hydrogens (primary N) is 1. The number of hydrogen-bond acceptors (Lipinski definition) is 1. The number of rotatable bonds is 3. The van der Waals surface area contributed by atoms with Gasteiger partial charge in [0.05, 0.1) is 5.41 Å². The van der Waals surface area contributed by atoms with Gasteiger partial charge in [0.2, 0.25) is 5.91 Å². The number of hydrogen-bond donors (Lipinski definition) is 1. The molecule has 0 heterocycles. The highest BCUT2D eigenvalue weighted by Crippen LogP contribution is 2.34. The highest BCUT2D eigenvalue weighted by atomic mass is 19.2. The van der Waals surface area contributed by atoms with Crippen LogP contribution in [0, 0.1) is 11.6 Å². The maximum absolute atomic E-state index is 14.0. The van der Waals surface area contributed by atoms with Crippen molar-refractivity contribution in [1.29, 1.82) is 0 Å². The van der Waals surface area contributed by atoms with Crippen LogP contribution in [-0.4, -0.2) is 5.91 Å². The van der Waals surface area contributed by atoms with E-state index < -0.39 is 23.0 Å². The smallest absolute Gasteiger partial charge is 0.232 e. The van der Waals surface area contributed by atoms with Crippen molar-refractivity contribution in [3.63, 3.8) is 0 Å². The Kier molecular flexibility index (Phi) is 3.34. The number of halogens is 2. The SMILES string of the molecule is CC(C(N)=O)(c1ccccc1)c1cccc(F)c1F. The van der Waals surface area contributed by atoms with Crippen molar-refractivity contribution in [2.24, 2.45) is 5.73 Å². The van der Waals surface area contributed by atoms with Crippen molar-refractivity contribution in [2.45, 2.75) is 12.3 Å². The third-order valence-electron chi connectivity index (χ3n) is 3.33. The van der Waals surface area contributed by atoms with Gasteiger partial charge in [-0.3, -0.25) is 4.79 Å². The zero-order valence-electron chi connectivity index (χ0n) is 10.4. The van der Waals surface area contributed by atoms with Gasteiger partial charge in [0, 0.05) is 5.56 Å². The van der Waals surface area contributed by atoms with E-state index in [9.17, 15) is 13.6 Å². The van der Waals surface area contributed by atoms with E-state index in [1.807, 2.05) is 0 Å². The lowest BCUT2D eigenvalue weighted by Crippen LogP contribution is -2.40. The van der Waals surface area contributed by atoms with Gasteiger partial charge in [-0.2, -0.15) is 0 Å². The van der Waals surface area contributed by atoms with Gasteiger partial charge in [0.25, 0.3) is 0 Å². The van der Waals surface area contributed by atoms with E-state index in [-0.39, 0.29) is 5.56 Å². The van der Waals surface area contributed by atoms with Crippen LogP contribution in [0.25, 0.3) is 0 Å². The van der Waals surface area contributed by atoms with Crippen molar-refractivity contribution < 1.29 is 13.6 Å². The molecule has 0 aromatic heterocycles. The molecule has 2 rings (SSSR count). The van der Waals surface area contributed by atoms with Crippen LogP contribution in [-0.2, 0) is 10.2 Å². The standard InChI is InChI=1S/C15H13F2NO/c1-15(14(18)19,10-6-3-2-4-7-10)11-8-5-9-12(16)13(11)17/h2-9H,1H3,(H2,18,19). The van der Waals surface area contributed by atoms with Crippen LogP contribution < -0.4 is 5.73 Å². The fourth-order valence-electron chi connectivity index (χ4n) is 2.09. The molecule has 2 nitrogen and oxygen atoms in total. The molecule has 98 valence electrons. The van der Waals surface area contributed by atoms with Crippen LogP contribution in [0.15, 0.2) is 48.5 Å². The average molecular weight is 261 g/mol. The summed E-state index contributed by atoms with van der Waals surface area (Å²) in [4.78, 5) is 11.8. The van der Waals surface area contributed by atoms with Crippen LogP contribution in [0.3, 0.4) is 0 Å². The van der Waals surface area contributed by atoms with Crippen LogP contribution in [0.4, 0.5) is 8.78 Å². The molecule has 19 heavy (non-hydrogen) atoms. The molecule has 4 heteroatoms. The van der Waals surface area contributed by atoms with Gasteiger partial charge in [0.1, 0.15) is 0 Å². The minimum absolute atomic E-state index is 0.0637. The summed E-state index contributed by atoms with van der Waals surface area (Å²) in [5, 5.41) is 0. The van der Waals surface area contributed by atoms with Crippen LogP contribution in [0.5, 0.6) is 0 Å². The topological polar surface area (TPSA) is 43.1 Å². The summed E-state index contributed by atoms with van der Waals surface area (Å²) >= 11 is 0. The summed E-state index contributed by atoms with van der Waals surface area (Å²) in [6.07, 6.45) is 0. The first-order valence-corrected chi connectivity index (χ1v) is 5.78. The van der Waals surface area contributed by atoms with E-state index in [0.717, 1.165) is 6.07 Å². The van der Waals surface area contributed by atoms with Gasteiger partial charge in [-0.05, 0) is 18.6 Å². The third-order valence-corrected chi connectivity index (χ3v) is 3.33.